The molecular weight excluding hydrogens is 292 g/mol. The molecular formula is C18H26N2O3. The van der Waals surface area contributed by atoms with Crippen LogP contribution in [0.15, 0.2) is 24.3 Å². The number of aliphatic hydroxyl groups is 1. The van der Waals surface area contributed by atoms with Crippen LogP contribution < -0.4 is 10.6 Å². The third kappa shape index (κ3) is 5.67. The van der Waals surface area contributed by atoms with E-state index < -0.39 is 5.60 Å². The zero-order valence-electron chi connectivity index (χ0n) is 13.9. The first-order chi connectivity index (χ1) is 10.9. The Labute approximate surface area is 137 Å². The maximum atomic E-state index is 12.0. The Morgan fingerprint density at radius 2 is 1.52 bits per heavy atom. The lowest BCUT2D eigenvalue weighted by atomic mass is 9.97. The Morgan fingerprint density at radius 3 is 2.00 bits per heavy atom. The van der Waals surface area contributed by atoms with E-state index in [0.717, 1.165) is 12.8 Å². The normalized spacial score (nSPS) is 16.3. The van der Waals surface area contributed by atoms with E-state index in [2.05, 4.69) is 10.6 Å². The van der Waals surface area contributed by atoms with Crippen molar-refractivity contribution in [3.8, 4) is 0 Å². The lowest BCUT2D eigenvalue weighted by Gasteiger charge is -2.21. The Balaban J connectivity index is 1.84. The Bertz CT molecular complexity index is 546. The smallest absolute Gasteiger partial charge is 0.227 e. The number of amides is 2. The van der Waals surface area contributed by atoms with Gasteiger partial charge in [0.1, 0.15) is 0 Å². The predicted octanol–water partition coefficient (Wildman–Crippen LogP) is 3.30. The summed E-state index contributed by atoms with van der Waals surface area (Å²) in [6, 6.07) is 7.03. The lowest BCUT2D eigenvalue weighted by Crippen LogP contribution is -2.30. The van der Waals surface area contributed by atoms with Crippen molar-refractivity contribution in [1.82, 2.24) is 0 Å². The van der Waals surface area contributed by atoms with E-state index in [-0.39, 0.29) is 18.2 Å². The maximum absolute atomic E-state index is 12.0. The van der Waals surface area contributed by atoms with Gasteiger partial charge in [-0.3, -0.25) is 9.59 Å². The van der Waals surface area contributed by atoms with E-state index in [1.165, 1.54) is 0 Å². The van der Waals surface area contributed by atoms with E-state index >= 15 is 0 Å². The molecule has 1 aromatic carbocycles. The topological polar surface area (TPSA) is 78.4 Å². The molecule has 0 radical (unpaired) electrons. The number of rotatable bonds is 6. The van der Waals surface area contributed by atoms with Crippen molar-refractivity contribution < 1.29 is 14.7 Å². The minimum atomic E-state index is -0.838. The Kier molecular flexibility index (Phi) is 5.77. The first kappa shape index (κ1) is 17.5. The number of nitrogens with one attached hydrogen (secondary N) is 2. The van der Waals surface area contributed by atoms with E-state index in [0.29, 0.717) is 36.6 Å². The average Bonchev–Trinajstić information content (AvgIpc) is 2.86. The van der Waals surface area contributed by atoms with Gasteiger partial charge >= 0.3 is 0 Å². The van der Waals surface area contributed by atoms with Crippen molar-refractivity contribution in [2.24, 2.45) is 5.92 Å². The summed E-state index contributed by atoms with van der Waals surface area (Å²) in [7, 11) is 0. The van der Waals surface area contributed by atoms with Gasteiger partial charge in [0.2, 0.25) is 11.8 Å². The van der Waals surface area contributed by atoms with Gasteiger partial charge in [-0.15, -0.1) is 0 Å². The summed E-state index contributed by atoms with van der Waals surface area (Å²) in [6.45, 7) is 3.99. The highest BCUT2D eigenvalue weighted by Crippen LogP contribution is 2.32. The molecule has 23 heavy (non-hydrogen) atoms. The Morgan fingerprint density at radius 1 is 1.04 bits per heavy atom. The number of carbonyl (C=O) groups excluding carboxylic acids is 2. The molecule has 1 aliphatic carbocycles. The molecule has 1 fully saturated rings. The zero-order valence-corrected chi connectivity index (χ0v) is 13.9. The molecule has 1 aliphatic rings. The number of hydrogen-bond acceptors (Lipinski definition) is 3. The second-order valence-electron chi connectivity index (χ2n) is 6.88. The molecule has 0 bridgehead atoms. The Hall–Kier alpha value is -1.88. The molecule has 2 rings (SSSR count). The van der Waals surface area contributed by atoms with Crippen LogP contribution in [0.5, 0.6) is 0 Å². The summed E-state index contributed by atoms with van der Waals surface area (Å²) in [5.74, 6) is 0.126. The summed E-state index contributed by atoms with van der Waals surface area (Å²) in [6.07, 6.45) is 3.97. The first-order valence-corrected chi connectivity index (χ1v) is 8.28. The molecule has 1 saturated carbocycles. The summed E-state index contributed by atoms with van der Waals surface area (Å²) in [5.41, 5.74) is 0.538. The highest BCUT2D eigenvalue weighted by atomic mass is 16.3. The van der Waals surface area contributed by atoms with E-state index in [9.17, 15) is 14.7 Å². The average molecular weight is 318 g/mol. The van der Waals surface area contributed by atoms with Gasteiger partial charge in [-0.1, -0.05) is 26.7 Å². The minimum Gasteiger partial charge on any atom is -0.389 e. The molecule has 126 valence electrons. The van der Waals surface area contributed by atoms with Crippen molar-refractivity contribution in [3.63, 3.8) is 0 Å². The number of hydrogen-bond donors (Lipinski definition) is 3. The molecule has 5 nitrogen and oxygen atoms in total. The number of carbonyl (C=O) groups is 2. The van der Waals surface area contributed by atoms with Crippen molar-refractivity contribution in [1.29, 1.82) is 0 Å². The highest BCUT2D eigenvalue weighted by Gasteiger charge is 2.33. The van der Waals surface area contributed by atoms with Crippen LogP contribution in [0.2, 0.25) is 0 Å². The lowest BCUT2D eigenvalue weighted by molar-refractivity contribution is -0.121. The van der Waals surface area contributed by atoms with Crippen LogP contribution in [0.25, 0.3) is 0 Å². The fourth-order valence-electron chi connectivity index (χ4n) is 2.93. The second-order valence-corrected chi connectivity index (χ2v) is 6.88. The molecule has 3 N–H and O–H groups in total. The van der Waals surface area contributed by atoms with E-state index in [4.69, 9.17) is 0 Å². The minimum absolute atomic E-state index is 0.0137. The molecule has 0 aliphatic heterocycles. The maximum Gasteiger partial charge on any atom is 0.227 e. The summed E-state index contributed by atoms with van der Waals surface area (Å²) in [4.78, 5) is 23.7. The standard InChI is InChI=1S/C18H26N2O3/c1-13(2)11-16(21)19-14-5-7-15(8-6-14)20-17(22)12-18(23)9-3-4-10-18/h5-8,13,23H,3-4,9-12H2,1-2H3,(H,19,21)(H,20,22). The summed E-state index contributed by atoms with van der Waals surface area (Å²) in [5, 5.41) is 15.9. The van der Waals surface area contributed by atoms with Crippen molar-refractivity contribution in [2.75, 3.05) is 10.6 Å². The molecule has 0 spiro atoms. The molecule has 1 aromatic rings. The van der Waals surface area contributed by atoms with Crippen LogP contribution in [-0.4, -0.2) is 22.5 Å². The third-order valence-electron chi connectivity index (χ3n) is 4.07. The summed E-state index contributed by atoms with van der Waals surface area (Å²) >= 11 is 0. The van der Waals surface area contributed by atoms with Crippen LogP contribution in [0.1, 0.15) is 52.4 Å². The van der Waals surface area contributed by atoms with Gasteiger partial charge in [0.15, 0.2) is 0 Å². The molecule has 2 amide bonds. The largest absolute Gasteiger partial charge is 0.389 e. The van der Waals surface area contributed by atoms with Crippen LogP contribution in [0.3, 0.4) is 0 Å². The van der Waals surface area contributed by atoms with Crippen molar-refractivity contribution in [3.05, 3.63) is 24.3 Å². The van der Waals surface area contributed by atoms with Gasteiger partial charge in [-0.05, 0) is 43.0 Å². The number of benzene rings is 1. The molecule has 0 atom stereocenters. The van der Waals surface area contributed by atoms with Crippen LogP contribution in [-0.2, 0) is 9.59 Å². The van der Waals surface area contributed by atoms with Gasteiger partial charge in [0.05, 0.1) is 12.0 Å². The number of anilines is 2. The van der Waals surface area contributed by atoms with Crippen LogP contribution in [0, 0.1) is 5.92 Å². The van der Waals surface area contributed by atoms with Crippen LogP contribution >= 0.6 is 0 Å². The first-order valence-electron chi connectivity index (χ1n) is 8.28. The quantitative estimate of drug-likeness (QED) is 0.753. The zero-order chi connectivity index (χ0) is 16.9. The summed E-state index contributed by atoms with van der Waals surface area (Å²) < 4.78 is 0. The third-order valence-corrected chi connectivity index (χ3v) is 4.07. The van der Waals surface area contributed by atoms with Crippen molar-refractivity contribution >= 4 is 23.2 Å². The molecule has 0 aromatic heterocycles. The van der Waals surface area contributed by atoms with E-state index in [1.54, 1.807) is 24.3 Å². The molecule has 0 heterocycles. The van der Waals surface area contributed by atoms with E-state index in [1.807, 2.05) is 13.8 Å². The van der Waals surface area contributed by atoms with Gasteiger partial charge < -0.3 is 15.7 Å². The van der Waals surface area contributed by atoms with Gasteiger partial charge in [-0.25, -0.2) is 0 Å². The molecule has 5 heteroatoms. The van der Waals surface area contributed by atoms with Crippen molar-refractivity contribution in [2.45, 2.75) is 58.0 Å². The van der Waals surface area contributed by atoms with Gasteiger partial charge in [-0.2, -0.15) is 0 Å². The monoisotopic (exact) mass is 318 g/mol. The van der Waals surface area contributed by atoms with Crippen LogP contribution in [0.4, 0.5) is 11.4 Å². The van der Waals surface area contributed by atoms with Gasteiger partial charge in [0, 0.05) is 17.8 Å². The highest BCUT2D eigenvalue weighted by molar-refractivity contribution is 5.93. The fourth-order valence-corrected chi connectivity index (χ4v) is 2.93. The SMILES string of the molecule is CC(C)CC(=O)Nc1ccc(NC(=O)CC2(O)CCCC2)cc1. The van der Waals surface area contributed by atoms with Gasteiger partial charge in [0.25, 0.3) is 0 Å². The second kappa shape index (κ2) is 7.59. The fraction of sp³-hybridized carbons (Fsp3) is 0.556. The molecule has 0 saturated heterocycles. The molecule has 0 unspecified atom stereocenters. The predicted molar refractivity (Wildman–Crippen MR) is 91.2 cm³/mol.